The molecule has 0 saturated heterocycles. The molecule has 4 nitrogen and oxygen atoms in total. The summed E-state index contributed by atoms with van der Waals surface area (Å²) in [5.41, 5.74) is 0.646. The first-order chi connectivity index (χ1) is 10.7. The Labute approximate surface area is 139 Å². The standard InChI is InChI=1S/C17H18ClFN2O2/c1-17(2,3)20-10-12-8-14(21(22)23)9-15(16(12)19)11-4-6-13(18)7-5-11/h4-9,20H,10H2,1-3H3. The van der Waals surface area contributed by atoms with Crippen LogP contribution >= 0.6 is 11.6 Å². The molecular formula is C17H18ClFN2O2. The highest BCUT2D eigenvalue weighted by Crippen LogP contribution is 2.31. The third kappa shape index (κ3) is 4.50. The molecular weight excluding hydrogens is 319 g/mol. The molecule has 2 aromatic carbocycles. The van der Waals surface area contributed by atoms with Crippen molar-refractivity contribution >= 4 is 17.3 Å². The Balaban J connectivity index is 2.50. The Hall–Kier alpha value is -1.98. The maximum atomic E-state index is 14.8. The lowest BCUT2D eigenvalue weighted by Gasteiger charge is -2.21. The average molecular weight is 337 g/mol. The van der Waals surface area contributed by atoms with Gasteiger partial charge in [0.25, 0.3) is 5.69 Å². The van der Waals surface area contributed by atoms with Crippen molar-refractivity contribution in [1.82, 2.24) is 5.32 Å². The van der Waals surface area contributed by atoms with E-state index in [9.17, 15) is 14.5 Å². The summed E-state index contributed by atoms with van der Waals surface area (Å²) >= 11 is 5.84. The minimum absolute atomic E-state index is 0.137. The van der Waals surface area contributed by atoms with Crippen LogP contribution in [0.15, 0.2) is 36.4 Å². The molecule has 23 heavy (non-hydrogen) atoms. The number of halogens is 2. The lowest BCUT2D eigenvalue weighted by molar-refractivity contribution is -0.384. The van der Waals surface area contributed by atoms with Crippen LogP contribution in [0.25, 0.3) is 11.1 Å². The number of non-ortho nitro benzene ring substituents is 1. The van der Waals surface area contributed by atoms with Gasteiger partial charge in [-0.1, -0.05) is 23.7 Å². The summed E-state index contributed by atoms with van der Waals surface area (Å²) in [6, 6.07) is 9.06. The van der Waals surface area contributed by atoms with Gasteiger partial charge >= 0.3 is 0 Å². The zero-order chi connectivity index (χ0) is 17.2. The monoisotopic (exact) mass is 336 g/mol. The van der Waals surface area contributed by atoms with Gasteiger partial charge in [0, 0.05) is 40.4 Å². The molecule has 0 aromatic heterocycles. The molecule has 0 fully saturated rings. The number of nitro groups is 1. The zero-order valence-corrected chi connectivity index (χ0v) is 13.9. The normalized spacial score (nSPS) is 11.5. The number of nitrogens with one attached hydrogen (secondary N) is 1. The van der Waals surface area contributed by atoms with E-state index < -0.39 is 10.7 Å². The molecule has 2 rings (SSSR count). The number of hydrogen-bond acceptors (Lipinski definition) is 3. The van der Waals surface area contributed by atoms with E-state index in [0.717, 1.165) is 0 Å². The first-order valence-corrected chi connectivity index (χ1v) is 7.53. The third-order valence-electron chi connectivity index (χ3n) is 3.31. The molecule has 0 aliphatic rings. The van der Waals surface area contributed by atoms with Crippen molar-refractivity contribution in [2.75, 3.05) is 0 Å². The lowest BCUT2D eigenvalue weighted by atomic mass is 10.00. The van der Waals surface area contributed by atoms with Crippen LogP contribution in [-0.4, -0.2) is 10.5 Å². The van der Waals surface area contributed by atoms with Gasteiger partial charge < -0.3 is 5.32 Å². The quantitative estimate of drug-likeness (QED) is 0.635. The van der Waals surface area contributed by atoms with Gasteiger partial charge in [-0.05, 0) is 38.5 Å². The van der Waals surface area contributed by atoms with E-state index in [-0.39, 0.29) is 28.9 Å². The molecule has 1 N–H and O–H groups in total. The van der Waals surface area contributed by atoms with Gasteiger partial charge in [-0.25, -0.2) is 4.39 Å². The molecule has 0 radical (unpaired) electrons. The SMILES string of the molecule is CC(C)(C)NCc1cc([N+](=O)[O-])cc(-c2ccc(Cl)cc2)c1F. The van der Waals surface area contributed by atoms with Crippen molar-refractivity contribution in [2.24, 2.45) is 0 Å². The van der Waals surface area contributed by atoms with Gasteiger partial charge in [0.05, 0.1) is 4.92 Å². The van der Waals surface area contributed by atoms with E-state index in [1.165, 1.54) is 12.1 Å². The molecule has 0 unspecified atom stereocenters. The van der Waals surface area contributed by atoms with E-state index in [1.807, 2.05) is 20.8 Å². The number of benzene rings is 2. The van der Waals surface area contributed by atoms with Crippen molar-refractivity contribution < 1.29 is 9.31 Å². The number of hydrogen-bond donors (Lipinski definition) is 1. The molecule has 0 saturated carbocycles. The molecule has 0 atom stereocenters. The van der Waals surface area contributed by atoms with Gasteiger partial charge in [-0.15, -0.1) is 0 Å². The van der Waals surface area contributed by atoms with Gasteiger partial charge in [0.15, 0.2) is 0 Å². The highest BCUT2D eigenvalue weighted by Gasteiger charge is 2.19. The van der Waals surface area contributed by atoms with Crippen molar-refractivity contribution in [3.05, 3.63) is 62.9 Å². The van der Waals surface area contributed by atoms with E-state index in [4.69, 9.17) is 11.6 Å². The fraction of sp³-hybridized carbons (Fsp3) is 0.294. The molecule has 0 spiro atoms. The van der Waals surface area contributed by atoms with Crippen LogP contribution in [0.2, 0.25) is 5.02 Å². The fourth-order valence-corrected chi connectivity index (χ4v) is 2.23. The third-order valence-corrected chi connectivity index (χ3v) is 3.56. The van der Waals surface area contributed by atoms with Gasteiger partial charge in [-0.2, -0.15) is 0 Å². The summed E-state index contributed by atoms with van der Waals surface area (Å²) in [6.45, 7) is 6.05. The van der Waals surface area contributed by atoms with E-state index in [2.05, 4.69) is 5.32 Å². The van der Waals surface area contributed by atoms with Crippen LogP contribution in [0.3, 0.4) is 0 Å². The molecule has 0 aliphatic carbocycles. The zero-order valence-electron chi connectivity index (χ0n) is 13.2. The van der Waals surface area contributed by atoms with Gasteiger partial charge in [0.1, 0.15) is 5.82 Å². The smallest absolute Gasteiger partial charge is 0.270 e. The molecule has 0 aliphatic heterocycles. The maximum absolute atomic E-state index is 14.8. The summed E-state index contributed by atoms with van der Waals surface area (Å²) in [6.07, 6.45) is 0. The van der Waals surface area contributed by atoms with Gasteiger partial charge in [0.2, 0.25) is 0 Å². The van der Waals surface area contributed by atoms with Gasteiger partial charge in [-0.3, -0.25) is 10.1 Å². The van der Waals surface area contributed by atoms with Crippen molar-refractivity contribution in [3.63, 3.8) is 0 Å². The largest absolute Gasteiger partial charge is 0.308 e. The minimum Gasteiger partial charge on any atom is -0.308 e. The molecule has 0 heterocycles. The number of nitro benzene ring substituents is 1. The van der Waals surface area contributed by atoms with Crippen molar-refractivity contribution in [1.29, 1.82) is 0 Å². The number of nitrogens with zero attached hydrogens (tertiary/aromatic N) is 1. The van der Waals surface area contributed by atoms with E-state index >= 15 is 0 Å². The summed E-state index contributed by atoms with van der Waals surface area (Å²) in [5, 5.41) is 14.8. The topological polar surface area (TPSA) is 55.2 Å². The minimum atomic E-state index is -0.514. The van der Waals surface area contributed by atoms with Crippen LogP contribution in [0.1, 0.15) is 26.3 Å². The van der Waals surface area contributed by atoms with Crippen LogP contribution in [0.5, 0.6) is 0 Å². The lowest BCUT2D eigenvalue weighted by Crippen LogP contribution is -2.35. The maximum Gasteiger partial charge on any atom is 0.270 e. The fourth-order valence-electron chi connectivity index (χ4n) is 2.10. The first-order valence-electron chi connectivity index (χ1n) is 7.15. The predicted molar refractivity (Wildman–Crippen MR) is 90.1 cm³/mol. The molecule has 2 aromatic rings. The van der Waals surface area contributed by atoms with Crippen LogP contribution in [-0.2, 0) is 6.54 Å². The Morgan fingerprint density at radius 2 is 1.83 bits per heavy atom. The van der Waals surface area contributed by atoms with E-state index in [1.54, 1.807) is 24.3 Å². The Bertz CT molecular complexity index is 725. The Kier molecular flexibility index (Phi) is 5.02. The highest BCUT2D eigenvalue weighted by molar-refractivity contribution is 6.30. The van der Waals surface area contributed by atoms with Crippen LogP contribution in [0, 0.1) is 15.9 Å². The molecule has 6 heteroatoms. The van der Waals surface area contributed by atoms with Crippen molar-refractivity contribution in [3.8, 4) is 11.1 Å². The molecule has 0 amide bonds. The van der Waals surface area contributed by atoms with E-state index in [0.29, 0.717) is 10.6 Å². The first kappa shape index (κ1) is 17.4. The summed E-state index contributed by atoms with van der Waals surface area (Å²) in [5.74, 6) is -0.463. The molecule has 0 bridgehead atoms. The van der Waals surface area contributed by atoms with Crippen LogP contribution in [0.4, 0.5) is 10.1 Å². The Morgan fingerprint density at radius 3 is 2.35 bits per heavy atom. The second kappa shape index (κ2) is 6.64. The highest BCUT2D eigenvalue weighted by atomic mass is 35.5. The second-order valence-electron chi connectivity index (χ2n) is 6.33. The second-order valence-corrected chi connectivity index (χ2v) is 6.77. The summed E-state index contributed by atoms with van der Waals surface area (Å²) < 4.78 is 14.8. The summed E-state index contributed by atoms with van der Waals surface area (Å²) in [4.78, 5) is 10.6. The molecule has 122 valence electrons. The Morgan fingerprint density at radius 1 is 1.22 bits per heavy atom. The number of rotatable bonds is 4. The van der Waals surface area contributed by atoms with Crippen LogP contribution < -0.4 is 5.32 Å². The van der Waals surface area contributed by atoms with Crippen molar-refractivity contribution in [2.45, 2.75) is 32.9 Å². The summed E-state index contributed by atoms with van der Waals surface area (Å²) in [7, 11) is 0. The average Bonchev–Trinajstić information content (AvgIpc) is 2.46. The predicted octanol–water partition coefficient (Wildman–Crippen LogP) is 4.94.